The number of halogens is 1. The van der Waals surface area contributed by atoms with Crippen LogP contribution >= 0.6 is 0 Å². The van der Waals surface area contributed by atoms with E-state index in [-0.39, 0.29) is 5.92 Å². The van der Waals surface area contributed by atoms with Crippen LogP contribution in [-0.4, -0.2) is 19.6 Å². The third kappa shape index (κ3) is 4.50. The Morgan fingerprint density at radius 2 is 2.05 bits per heavy atom. The highest BCUT2D eigenvalue weighted by Gasteiger charge is 2.09. The van der Waals surface area contributed by atoms with E-state index in [4.69, 9.17) is 4.74 Å². The predicted molar refractivity (Wildman–Crippen MR) is 79.6 cm³/mol. The van der Waals surface area contributed by atoms with Crippen LogP contribution in [0.25, 0.3) is 0 Å². The van der Waals surface area contributed by atoms with Gasteiger partial charge in [-0.25, -0.2) is 4.39 Å². The minimum atomic E-state index is -0.651. The first-order valence-electron chi connectivity index (χ1n) is 6.37. The molecule has 0 saturated carbocycles. The number of rotatable bonds is 8. The van der Waals surface area contributed by atoms with Crippen molar-refractivity contribution in [1.82, 2.24) is 0 Å². The second-order valence-corrected chi connectivity index (χ2v) is 4.50. The number of hydrogen-bond donors (Lipinski definition) is 0. The molecular formula is C17H19FO2. The lowest BCUT2D eigenvalue weighted by molar-refractivity contribution is 0.112. The zero-order valence-electron chi connectivity index (χ0n) is 11.6. The fourth-order valence-corrected chi connectivity index (χ4v) is 1.66. The number of carbonyl (C=O) groups is 1. The number of alkyl halides is 1. The third-order valence-corrected chi connectivity index (χ3v) is 2.91. The van der Waals surface area contributed by atoms with Crippen LogP contribution in [0.4, 0.5) is 4.39 Å². The van der Waals surface area contributed by atoms with Crippen LogP contribution in [0.3, 0.4) is 0 Å². The fraction of sp³-hybridized carbons (Fsp3) is 0.235. The summed E-state index contributed by atoms with van der Waals surface area (Å²) in [6.07, 6.45) is 3.95. The van der Waals surface area contributed by atoms with Crippen molar-refractivity contribution in [3.05, 3.63) is 72.0 Å². The first kappa shape index (κ1) is 15.9. The van der Waals surface area contributed by atoms with Crippen molar-refractivity contribution >= 4 is 6.29 Å². The zero-order valence-corrected chi connectivity index (χ0v) is 11.6. The van der Waals surface area contributed by atoms with E-state index in [9.17, 15) is 9.18 Å². The maximum atomic E-state index is 12.6. The molecule has 1 aromatic carbocycles. The van der Waals surface area contributed by atoms with Gasteiger partial charge in [0.05, 0.1) is 6.61 Å². The standard InChI is InChI=1S/C17H19FO2/c1-4-5-17(13(2)10-18)20-12-14(3)16-8-6-15(11-19)7-9-16/h4-9,11,14H,1-2,10,12H2,3H3/b17-5+. The van der Waals surface area contributed by atoms with Crippen molar-refractivity contribution in [2.24, 2.45) is 0 Å². The number of aldehydes is 1. The Kier molecular flexibility index (Phi) is 6.44. The minimum Gasteiger partial charge on any atom is -0.493 e. The topological polar surface area (TPSA) is 26.3 Å². The van der Waals surface area contributed by atoms with Gasteiger partial charge in [-0.05, 0) is 11.6 Å². The smallest absolute Gasteiger partial charge is 0.150 e. The Morgan fingerprint density at radius 3 is 2.55 bits per heavy atom. The van der Waals surface area contributed by atoms with Crippen LogP contribution in [0.15, 0.2) is 60.9 Å². The maximum Gasteiger partial charge on any atom is 0.150 e. The average Bonchev–Trinajstić information content (AvgIpc) is 2.50. The highest BCUT2D eigenvalue weighted by molar-refractivity contribution is 5.74. The van der Waals surface area contributed by atoms with Crippen molar-refractivity contribution in [2.45, 2.75) is 12.8 Å². The molecule has 1 aromatic rings. The number of ether oxygens (including phenoxy) is 1. The molecule has 0 heterocycles. The van der Waals surface area contributed by atoms with Crippen LogP contribution in [0.5, 0.6) is 0 Å². The number of benzene rings is 1. The van der Waals surface area contributed by atoms with Crippen LogP contribution in [0.1, 0.15) is 28.8 Å². The summed E-state index contributed by atoms with van der Waals surface area (Å²) in [7, 11) is 0. The Hall–Kier alpha value is -2.16. The van der Waals surface area contributed by atoms with E-state index in [2.05, 4.69) is 13.2 Å². The van der Waals surface area contributed by atoms with Crippen molar-refractivity contribution in [1.29, 1.82) is 0 Å². The van der Waals surface area contributed by atoms with Crippen molar-refractivity contribution < 1.29 is 13.9 Å². The number of hydrogen-bond acceptors (Lipinski definition) is 2. The van der Waals surface area contributed by atoms with Crippen LogP contribution in [-0.2, 0) is 4.74 Å². The van der Waals surface area contributed by atoms with Gasteiger partial charge in [0, 0.05) is 17.1 Å². The van der Waals surface area contributed by atoms with Gasteiger partial charge in [-0.2, -0.15) is 0 Å². The summed E-state index contributed by atoms with van der Waals surface area (Å²) in [6.45, 7) is 8.93. The Balaban J connectivity index is 2.67. The molecule has 0 radical (unpaired) electrons. The quantitative estimate of drug-likeness (QED) is 0.403. The molecule has 0 saturated heterocycles. The molecule has 3 heteroatoms. The van der Waals surface area contributed by atoms with E-state index in [1.165, 1.54) is 0 Å². The molecule has 0 amide bonds. The summed E-state index contributed by atoms with van der Waals surface area (Å²) >= 11 is 0. The molecule has 1 atom stereocenters. The Labute approximate surface area is 119 Å². The summed E-state index contributed by atoms with van der Waals surface area (Å²) in [5, 5.41) is 0. The molecule has 20 heavy (non-hydrogen) atoms. The molecule has 0 aliphatic heterocycles. The van der Waals surface area contributed by atoms with Gasteiger partial charge in [-0.3, -0.25) is 4.79 Å². The fourth-order valence-electron chi connectivity index (χ4n) is 1.66. The van der Waals surface area contributed by atoms with E-state index in [1.807, 2.05) is 19.1 Å². The molecule has 0 spiro atoms. The van der Waals surface area contributed by atoms with Crippen LogP contribution in [0.2, 0.25) is 0 Å². The predicted octanol–water partition coefficient (Wildman–Crippen LogP) is 4.21. The van der Waals surface area contributed by atoms with E-state index in [0.29, 0.717) is 23.5 Å². The molecule has 106 valence electrons. The molecule has 0 fully saturated rings. The summed E-state index contributed by atoms with van der Waals surface area (Å²) in [6, 6.07) is 7.30. The molecule has 1 rings (SSSR count). The molecule has 0 bridgehead atoms. The second kappa shape index (κ2) is 8.10. The lowest BCUT2D eigenvalue weighted by atomic mass is 10.0. The Bertz CT molecular complexity index is 500. The molecule has 0 aliphatic carbocycles. The summed E-state index contributed by atoms with van der Waals surface area (Å²) in [4.78, 5) is 10.6. The molecule has 1 unspecified atom stereocenters. The Morgan fingerprint density at radius 1 is 1.40 bits per heavy atom. The van der Waals surface area contributed by atoms with Crippen molar-refractivity contribution in [2.75, 3.05) is 13.3 Å². The van der Waals surface area contributed by atoms with Gasteiger partial charge in [0.15, 0.2) is 0 Å². The SMILES string of the molecule is C=C/C=C(/OCC(C)c1ccc(C=O)cc1)C(=C)CF. The van der Waals surface area contributed by atoms with Gasteiger partial charge in [0.2, 0.25) is 0 Å². The lowest BCUT2D eigenvalue weighted by Crippen LogP contribution is -2.06. The van der Waals surface area contributed by atoms with Gasteiger partial charge >= 0.3 is 0 Å². The van der Waals surface area contributed by atoms with Crippen molar-refractivity contribution in [3.8, 4) is 0 Å². The second-order valence-electron chi connectivity index (χ2n) is 4.50. The van der Waals surface area contributed by atoms with Gasteiger partial charge < -0.3 is 4.74 Å². The largest absolute Gasteiger partial charge is 0.493 e. The molecule has 2 nitrogen and oxygen atoms in total. The van der Waals surface area contributed by atoms with Crippen molar-refractivity contribution in [3.63, 3.8) is 0 Å². The van der Waals surface area contributed by atoms with Gasteiger partial charge in [0.1, 0.15) is 18.7 Å². The van der Waals surface area contributed by atoms with Gasteiger partial charge in [-0.15, -0.1) is 0 Å². The highest BCUT2D eigenvalue weighted by Crippen LogP contribution is 2.19. The minimum absolute atomic E-state index is 0.122. The number of carbonyl (C=O) groups excluding carboxylic acids is 1. The third-order valence-electron chi connectivity index (χ3n) is 2.91. The molecule has 0 N–H and O–H groups in total. The monoisotopic (exact) mass is 274 g/mol. The molecule has 0 aliphatic rings. The normalized spacial score (nSPS) is 12.6. The van der Waals surface area contributed by atoms with Crippen LogP contribution in [0, 0.1) is 0 Å². The number of allylic oxidation sites excluding steroid dienone is 3. The van der Waals surface area contributed by atoms with E-state index >= 15 is 0 Å². The molecular weight excluding hydrogens is 255 g/mol. The summed E-state index contributed by atoms with van der Waals surface area (Å²) < 4.78 is 18.2. The average molecular weight is 274 g/mol. The highest BCUT2D eigenvalue weighted by atomic mass is 19.1. The van der Waals surface area contributed by atoms with Crippen LogP contribution < -0.4 is 0 Å². The van der Waals surface area contributed by atoms with Gasteiger partial charge in [0.25, 0.3) is 0 Å². The first-order valence-corrected chi connectivity index (χ1v) is 6.37. The van der Waals surface area contributed by atoms with E-state index in [1.54, 1.807) is 24.3 Å². The van der Waals surface area contributed by atoms with E-state index in [0.717, 1.165) is 11.8 Å². The van der Waals surface area contributed by atoms with Gasteiger partial charge in [-0.1, -0.05) is 50.4 Å². The summed E-state index contributed by atoms with van der Waals surface area (Å²) in [5.41, 5.74) is 1.99. The first-order chi connectivity index (χ1) is 9.62. The summed E-state index contributed by atoms with van der Waals surface area (Å²) in [5.74, 6) is 0.537. The van der Waals surface area contributed by atoms with E-state index < -0.39 is 6.67 Å². The maximum absolute atomic E-state index is 12.6. The zero-order chi connectivity index (χ0) is 15.0. The molecule has 0 aromatic heterocycles. The lowest BCUT2D eigenvalue weighted by Gasteiger charge is -2.16.